The van der Waals surface area contributed by atoms with Gasteiger partial charge >= 0.3 is 5.97 Å². The van der Waals surface area contributed by atoms with Crippen molar-refractivity contribution >= 4 is 17.6 Å². The first-order chi connectivity index (χ1) is 9.09. The first-order valence-electron chi connectivity index (χ1n) is 6.16. The van der Waals surface area contributed by atoms with Crippen LogP contribution in [0, 0.1) is 13.8 Å². The van der Waals surface area contributed by atoms with Crippen molar-refractivity contribution in [2.75, 3.05) is 0 Å². The SMILES string of the molecule is Cc1cccc(C=C(C(=O)O)c2ccccc2)c1C. The van der Waals surface area contributed by atoms with Crippen LogP contribution in [0.15, 0.2) is 48.5 Å². The van der Waals surface area contributed by atoms with Crippen molar-refractivity contribution in [3.63, 3.8) is 0 Å². The third-order valence-electron chi connectivity index (χ3n) is 3.26. The lowest BCUT2D eigenvalue weighted by Crippen LogP contribution is -2.00. The highest BCUT2D eigenvalue weighted by molar-refractivity contribution is 6.20. The maximum atomic E-state index is 11.4. The van der Waals surface area contributed by atoms with Crippen molar-refractivity contribution in [2.45, 2.75) is 13.8 Å². The third-order valence-corrected chi connectivity index (χ3v) is 3.26. The Balaban J connectivity index is 2.54. The summed E-state index contributed by atoms with van der Waals surface area (Å²) in [7, 11) is 0. The Labute approximate surface area is 113 Å². The Bertz CT molecular complexity index is 625. The number of hydrogen-bond donors (Lipinski definition) is 1. The Morgan fingerprint density at radius 3 is 2.32 bits per heavy atom. The van der Waals surface area contributed by atoms with Crippen LogP contribution in [0.5, 0.6) is 0 Å². The molecule has 1 N–H and O–H groups in total. The second-order valence-electron chi connectivity index (χ2n) is 4.52. The Kier molecular flexibility index (Phi) is 3.81. The Hall–Kier alpha value is -2.35. The summed E-state index contributed by atoms with van der Waals surface area (Å²) < 4.78 is 0. The van der Waals surface area contributed by atoms with Gasteiger partial charge in [-0.1, -0.05) is 48.5 Å². The summed E-state index contributed by atoms with van der Waals surface area (Å²) >= 11 is 0. The fourth-order valence-corrected chi connectivity index (χ4v) is 1.97. The zero-order chi connectivity index (χ0) is 13.8. The number of rotatable bonds is 3. The summed E-state index contributed by atoms with van der Waals surface area (Å²) in [5, 5.41) is 9.38. The molecule has 96 valence electrons. The van der Waals surface area contributed by atoms with Crippen LogP contribution in [0.25, 0.3) is 11.6 Å². The lowest BCUT2D eigenvalue weighted by Gasteiger charge is -2.07. The highest BCUT2D eigenvalue weighted by atomic mass is 16.4. The van der Waals surface area contributed by atoms with E-state index < -0.39 is 5.97 Å². The molecule has 0 bridgehead atoms. The molecule has 2 nitrogen and oxygen atoms in total. The molecule has 0 saturated carbocycles. The zero-order valence-electron chi connectivity index (χ0n) is 11.1. The van der Waals surface area contributed by atoms with E-state index in [1.807, 2.05) is 62.4 Å². The quantitative estimate of drug-likeness (QED) is 0.664. The number of carboxylic acids is 1. The summed E-state index contributed by atoms with van der Waals surface area (Å²) in [5.74, 6) is -0.910. The molecule has 0 saturated heterocycles. The van der Waals surface area contributed by atoms with Crippen LogP contribution in [-0.4, -0.2) is 11.1 Å². The Morgan fingerprint density at radius 1 is 1.00 bits per heavy atom. The lowest BCUT2D eigenvalue weighted by atomic mass is 9.98. The van der Waals surface area contributed by atoms with Crippen molar-refractivity contribution < 1.29 is 9.90 Å². The molecule has 0 aliphatic rings. The van der Waals surface area contributed by atoms with Gasteiger partial charge in [0.25, 0.3) is 0 Å². The van der Waals surface area contributed by atoms with E-state index in [9.17, 15) is 9.90 Å². The van der Waals surface area contributed by atoms with E-state index in [2.05, 4.69) is 0 Å². The minimum absolute atomic E-state index is 0.314. The number of carbonyl (C=O) groups is 1. The van der Waals surface area contributed by atoms with Crippen LogP contribution < -0.4 is 0 Å². The molecule has 0 amide bonds. The predicted molar refractivity (Wildman–Crippen MR) is 77.9 cm³/mol. The van der Waals surface area contributed by atoms with Crippen LogP contribution in [0.4, 0.5) is 0 Å². The predicted octanol–water partition coefficient (Wildman–Crippen LogP) is 3.93. The normalized spacial score (nSPS) is 11.4. The van der Waals surface area contributed by atoms with Crippen molar-refractivity contribution in [1.82, 2.24) is 0 Å². The van der Waals surface area contributed by atoms with Gasteiger partial charge in [-0.2, -0.15) is 0 Å². The second-order valence-corrected chi connectivity index (χ2v) is 4.52. The summed E-state index contributed by atoms with van der Waals surface area (Å²) in [6.07, 6.45) is 1.74. The topological polar surface area (TPSA) is 37.3 Å². The lowest BCUT2D eigenvalue weighted by molar-refractivity contribution is -0.130. The molecule has 2 aromatic carbocycles. The fourth-order valence-electron chi connectivity index (χ4n) is 1.97. The van der Waals surface area contributed by atoms with Crippen LogP contribution in [-0.2, 0) is 4.79 Å². The number of aliphatic carboxylic acids is 1. The van der Waals surface area contributed by atoms with Gasteiger partial charge in [-0.25, -0.2) is 4.79 Å². The van der Waals surface area contributed by atoms with Crippen molar-refractivity contribution in [3.8, 4) is 0 Å². The highest BCUT2D eigenvalue weighted by Crippen LogP contribution is 2.21. The van der Waals surface area contributed by atoms with Gasteiger partial charge in [0.05, 0.1) is 5.57 Å². The first kappa shape index (κ1) is 13.1. The standard InChI is InChI=1S/C17H16O2/c1-12-7-6-10-15(13(12)2)11-16(17(18)19)14-8-4-3-5-9-14/h3-11H,1-2H3,(H,18,19). The van der Waals surface area contributed by atoms with Gasteiger partial charge in [-0.15, -0.1) is 0 Å². The van der Waals surface area contributed by atoms with Gasteiger partial charge in [-0.3, -0.25) is 0 Å². The van der Waals surface area contributed by atoms with Crippen molar-refractivity contribution in [1.29, 1.82) is 0 Å². The van der Waals surface area contributed by atoms with Gasteiger partial charge in [0, 0.05) is 0 Å². The minimum Gasteiger partial charge on any atom is -0.478 e. The average Bonchev–Trinajstić information content (AvgIpc) is 2.41. The zero-order valence-corrected chi connectivity index (χ0v) is 11.1. The van der Waals surface area contributed by atoms with Gasteiger partial charge in [0.2, 0.25) is 0 Å². The smallest absolute Gasteiger partial charge is 0.336 e. The van der Waals surface area contributed by atoms with Gasteiger partial charge < -0.3 is 5.11 Å². The molecule has 2 aromatic rings. The van der Waals surface area contributed by atoms with Gasteiger partial charge in [-0.05, 0) is 42.2 Å². The van der Waals surface area contributed by atoms with Crippen LogP contribution in [0.2, 0.25) is 0 Å². The Morgan fingerprint density at radius 2 is 1.68 bits per heavy atom. The maximum absolute atomic E-state index is 11.4. The molecule has 0 radical (unpaired) electrons. The van der Waals surface area contributed by atoms with Crippen LogP contribution in [0.3, 0.4) is 0 Å². The van der Waals surface area contributed by atoms with E-state index in [-0.39, 0.29) is 0 Å². The second kappa shape index (κ2) is 5.53. The minimum atomic E-state index is -0.910. The number of carboxylic acid groups (broad SMARTS) is 1. The van der Waals surface area contributed by atoms with E-state index in [4.69, 9.17) is 0 Å². The van der Waals surface area contributed by atoms with E-state index in [1.165, 1.54) is 0 Å². The van der Waals surface area contributed by atoms with Crippen molar-refractivity contribution in [3.05, 3.63) is 70.8 Å². The summed E-state index contributed by atoms with van der Waals surface area (Å²) in [5.41, 5.74) is 4.25. The van der Waals surface area contributed by atoms with Gasteiger partial charge in [0.1, 0.15) is 0 Å². The average molecular weight is 252 g/mol. The molecular formula is C17H16O2. The molecule has 0 aliphatic carbocycles. The van der Waals surface area contributed by atoms with Crippen molar-refractivity contribution in [2.24, 2.45) is 0 Å². The number of hydrogen-bond acceptors (Lipinski definition) is 1. The molecule has 0 unspecified atom stereocenters. The van der Waals surface area contributed by atoms with E-state index in [0.717, 1.165) is 22.3 Å². The number of benzene rings is 2. The van der Waals surface area contributed by atoms with E-state index in [0.29, 0.717) is 5.57 Å². The molecule has 0 atom stereocenters. The molecule has 19 heavy (non-hydrogen) atoms. The first-order valence-corrected chi connectivity index (χ1v) is 6.16. The van der Waals surface area contributed by atoms with E-state index >= 15 is 0 Å². The van der Waals surface area contributed by atoms with Gasteiger partial charge in [0.15, 0.2) is 0 Å². The van der Waals surface area contributed by atoms with Crippen LogP contribution >= 0.6 is 0 Å². The highest BCUT2D eigenvalue weighted by Gasteiger charge is 2.10. The molecule has 0 aromatic heterocycles. The van der Waals surface area contributed by atoms with E-state index in [1.54, 1.807) is 6.08 Å². The third kappa shape index (κ3) is 2.91. The summed E-state index contributed by atoms with van der Waals surface area (Å²) in [4.78, 5) is 11.4. The fraction of sp³-hybridized carbons (Fsp3) is 0.118. The monoisotopic (exact) mass is 252 g/mol. The molecule has 2 rings (SSSR count). The summed E-state index contributed by atoms with van der Waals surface area (Å²) in [6.45, 7) is 4.03. The number of aryl methyl sites for hydroxylation is 1. The largest absolute Gasteiger partial charge is 0.478 e. The molecule has 0 aliphatic heterocycles. The molecule has 0 heterocycles. The molecule has 0 fully saturated rings. The molecular weight excluding hydrogens is 236 g/mol. The molecule has 2 heteroatoms. The van der Waals surface area contributed by atoms with Crippen LogP contribution in [0.1, 0.15) is 22.3 Å². The molecule has 0 spiro atoms. The summed E-state index contributed by atoms with van der Waals surface area (Å²) in [6, 6.07) is 15.1. The maximum Gasteiger partial charge on any atom is 0.336 e.